The van der Waals surface area contributed by atoms with Gasteiger partial charge in [-0.25, -0.2) is 4.79 Å². The number of rotatable bonds is 15. The van der Waals surface area contributed by atoms with Gasteiger partial charge in [0.05, 0.1) is 6.04 Å². The Morgan fingerprint density at radius 3 is 2.08 bits per heavy atom. The summed E-state index contributed by atoms with van der Waals surface area (Å²) in [7, 11) is 0. The highest BCUT2D eigenvalue weighted by atomic mass is 16.2. The number of nitrogens with zero attached hydrogens (tertiary/aromatic N) is 1. The SMILES string of the molecule is CC(C)C(NC(=O)CCCCCN1C(=O)C=CC1=O)C(=O)N[C@@H](CCCNC(N)=O)C(=O)C(C)(C)C. The molecule has 5 N–H and O–H groups in total. The van der Waals surface area contributed by atoms with Gasteiger partial charge in [0.15, 0.2) is 5.78 Å². The predicted molar refractivity (Wildman–Crippen MR) is 134 cm³/mol. The number of unbranched alkanes of at least 4 members (excludes halogenated alkanes) is 2. The van der Waals surface area contributed by atoms with Gasteiger partial charge in [-0.2, -0.15) is 0 Å². The van der Waals surface area contributed by atoms with Crippen LogP contribution in [0.4, 0.5) is 4.79 Å². The lowest BCUT2D eigenvalue weighted by Gasteiger charge is -2.28. The van der Waals surface area contributed by atoms with Crippen molar-refractivity contribution in [1.82, 2.24) is 20.9 Å². The molecule has 36 heavy (non-hydrogen) atoms. The Bertz CT molecular complexity index is 843. The molecule has 0 spiro atoms. The van der Waals surface area contributed by atoms with Gasteiger partial charge >= 0.3 is 6.03 Å². The summed E-state index contributed by atoms with van der Waals surface area (Å²) < 4.78 is 0. The number of carbonyl (C=O) groups excluding carboxylic acids is 6. The van der Waals surface area contributed by atoms with E-state index in [1.807, 2.05) is 0 Å². The lowest BCUT2D eigenvalue weighted by atomic mass is 9.84. The maximum absolute atomic E-state index is 13.0. The second kappa shape index (κ2) is 14.4. The fourth-order valence-corrected chi connectivity index (χ4v) is 3.74. The van der Waals surface area contributed by atoms with Gasteiger partial charge in [-0.15, -0.1) is 0 Å². The molecule has 1 heterocycles. The number of hydrogen-bond acceptors (Lipinski definition) is 6. The maximum Gasteiger partial charge on any atom is 0.312 e. The zero-order valence-electron chi connectivity index (χ0n) is 22.0. The third-order valence-corrected chi connectivity index (χ3v) is 5.79. The molecule has 1 aliphatic heterocycles. The molecule has 1 unspecified atom stereocenters. The third-order valence-electron chi connectivity index (χ3n) is 5.79. The van der Waals surface area contributed by atoms with E-state index < -0.39 is 29.4 Å². The molecule has 1 aliphatic rings. The number of imide groups is 1. The predicted octanol–water partition coefficient (Wildman–Crippen LogP) is 1.16. The minimum atomic E-state index is -0.817. The van der Waals surface area contributed by atoms with Gasteiger partial charge in [0.25, 0.3) is 11.8 Å². The van der Waals surface area contributed by atoms with Gasteiger partial charge in [-0.1, -0.05) is 41.0 Å². The van der Waals surface area contributed by atoms with Crippen molar-refractivity contribution in [3.8, 4) is 0 Å². The van der Waals surface area contributed by atoms with Crippen molar-refractivity contribution in [2.75, 3.05) is 13.1 Å². The van der Waals surface area contributed by atoms with Crippen LogP contribution in [0.15, 0.2) is 12.2 Å². The van der Waals surface area contributed by atoms with Crippen molar-refractivity contribution in [2.45, 2.75) is 85.2 Å². The van der Waals surface area contributed by atoms with Gasteiger partial charge in [0, 0.05) is 37.1 Å². The number of ketones is 1. The summed E-state index contributed by atoms with van der Waals surface area (Å²) in [6.45, 7) is 9.50. The van der Waals surface area contributed by atoms with E-state index in [1.165, 1.54) is 17.1 Å². The summed E-state index contributed by atoms with van der Waals surface area (Å²) in [4.78, 5) is 73.6. The Morgan fingerprint density at radius 1 is 0.944 bits per heavy atom. The summed E-state index contributed by atoms with van der Waals surface area (Å²) in [6.07, 6.45) is 5.21. The fraction of sp³-hybridized carbons (Fsp3) is 0.680. The van der Waals surface area contributed by atoms with Crippen LogP contribution in [0.3, 0.4) is 0 Å². The summed E-state index contributed by atoms with van der Waals surface area (Å²) >= 11 is 0. The van der Waals surface area contributed by atoms with Crippen LogP contribution in [0, 0.1) is 11.3 Å². The standard InChI is InChI=1S/C25H41N5O6/c1-16(2)21(29-18(31)11-7-6-8-15-30-19(32)12-13-20(30)33)23(35)28-17(22(34)25(3,4)5)10-9-14-27-24(26)36/h12-13,16-17,21H,6-11,14-15H2,1-5H3,(H,28,35)(H,29,31)(H3,26,27,36)/t17-,21?/m0/s1. The molecule has 0 radical (unpaired) electrons. The third kappa shape index (κ3) is 10.6. The van der Waals surface area contributed by atoms with Crippen LogP contribution < -0.4 is 21.7 Å². The maximum atomic E-state index is 13.0. The number of carbonyl (C=O) groups is 6. The van der Waals surface area contributed by atoms with Crippen molar-refractivity contribution < 1.29 is 28.8 Å². The van der Waals surface area contributed by atoms with Gasteiger partial charge < -0.3 is 21.7 Å². The van der Waals surface area contributed by atoms with Crippen molar-refractivity contribution in [1.29, 1.82) is 0 Å². The molecule has 11 heteroatoms. The van der Waals surface area contributed by atoms with Crippen molar-refractivity contribution >= 4 is 35.4 Å². The van der Waals surface area contributed by atoms with E-state index in [2.05, 4.69) is 16.0 Å². The van der Waals surface area contributed by atoms with E-state index in [1.54, 1.807) is 34.6 Å². The molecule has 0 saturated carbocycles. The number of urea groups is 1. The van der Waals surface area contributed by atoms with Crippen molar-refractivity contribution in [2.24, 2.45) is 17.1 Å². The van der Waals surface area contributed by atoms with Crippen LogP contribution in [-0.4, -0.2) is 65.5 Å². The van der Waals surface area contributed by atoms with Crippen molar-refractivity contribution in [3.05, 3.63) is 12.2 Å². The molecule has 202 valence electrons. The molecule has 2 atom stereocenters. The number of nitrogens with two attached hydrogens (primary N) is 1. The molecular formula is C25H41N5O6. The van der Waals surface area contributed by atoms with Crippen LogP contribution in [0.25, 0.3) is 0 Å². The highest BCUT2D eigenvalue weighted by Crippen LogP contribution is 2.19. The van der Waals surface area contributed by atoms with Crippen LogP contribution in [0.2, 0.25) is 0 Å². The molecule has 6 amide bonds. The molecular weight excluding hydrogens is 466 g/mol. The number of nitrogens with one attached hydrogen (secondary N) is 3. The molecule has 0 aromatic heterocycles. The number of Topliss-reactive ketones (excluding diaryl/α,β-unsaturated/α-hetero) is 1. The zero-order chi connectivity index (χ0) is 27.5. The topological polar surface area (TPSA) is 168 Å². The Labute approximate surface area is 213 Å². The highest BCUT2D eigenvalue weighted by molar-refractivity contribution is 6.12. The van der Waals surface area contributed by atoms with Gasteiger partial charge in [0.1, 0.15) is 6.04 Å². The van der Waals surface area contributed by atoms with Gasteiger partial charge in [-0.05, 0) is 31.6 Å². The number of hydrogen-bond donors (Lipinski definition) is 4. The summed E-state index contributed by atoms with van der Waals surface area (Å²) in [5, 5.41) is 8.02. The summed E-state index contributed by atoms with van der Waals surface area (Å²) in [6, 6.07) is -2.24. The molecule has 0 saturated heterocycles. The number of primary amides is 1. The van der Waals surface area contributed by atoms with Crippen LogP contribution >= 0.6 is 0 Å². The summed E-state index contributed by atoms with van der Waals surface area (Å²) in [5.41, 5.74) is 4.38. The second-order valence-corrected chi connectivity index (χ2v) is 10.4. The van der Waals surface area contributed by atoms with E-state index in [0.717, 1.165) is 0 Å². The van der Waals surface area contributed by atoms with E-state index in [-0.39, 0.29) is 42.4 Å². The van der Waals surface area contributed by atoms with E-state index in [0.29, 0.717) is 38.6 Å². The first-order valence-electron chi connectivity index (χ1n) is 12.4. The molecule has 0 bridgehead atoms. The van der Waals surface area contributed by atoms with E-state index >= 15 is 0 Å². The molecule has 0 aromatic rings. The largest absolute Gasteiger partial charge is 0.352 e. The highest BCUT2D eigenvalue weighted by Gasteiger charge is 2.33. The first kappa shape index (κ1) is 30.8. The number of amides is 6. The van der Waals surface area contributed by atoms with Crippen molar-refractivity contribution in [3.63, 3.8) is 0 Å². The Kier molecular flexibility index (Phi) is 12.3. The Hall–Kier alpha value is -3.24. The fourth-order valence-electron chi connectivity index (χ4n) is 3.74. The molecule has 0 aromatic carbocycles. The Morgan fingerprint density at radius 2 is 1.56 bits per heavy atom. The first-order chi connectivity index (χ1) is 16.7. The van der Waals surface area contributed by atoms with Crippen LogP contribution in [-0.2, 0) is 24.0 Å². The lowest BCUT2D eigenvalue weighted by Crippen LogP contribution is -2.55. The average Bonchev–Trinajstić information content (AvgIpc) is 3.09. The van der Waals surface area contributed by atoms with E-state index in [9.17, 15) is 28.8 Å². The van der Waals surface area contributed by atoms with Crippen LogP contribution in [0.1, 0.15) is 73.1 Å². The molecule has 1 rings (SSSR count). The first-order valence-corrected chi connectivity index (χ1v) is 12.4. The minimum absolute atomic E-state index is 0.145. The van der Waals surface area contributed by atoms with Gasteiger partial charge in [0.2, 0.25) is 11.8 Å². The van der Waals surface area contributed by atoms with Crippen LogP contribution in [0.5, 0.6) is 0 Å². The second-order valence-electron chi connectivity index (χ2n) is 10.4. The monoisotopic (exact) mass is 507 g/mol. The smallest absolute Gasteiger partial charge is 0.312 e. The Balaban J connectivity index is 2.59. The lowest BCUT2D eigenvalue weighted by molar-refractivity contribution is -0.137. The minimum Gasteiger partial charge on any atom is -0.352 e. The average molecular weight is 508 g/mol. The zero-order valence-corrected chi connectivity index (χ0v) is 22.0. The van der Waals surface area contributed by atoms with Gasteiger partial charge in [-0.3, -0.25) is 28.9 Å². The van der Waals surface area contributed by atoms with E-state index in [4.69, 9.17) is 5.73 Å². The molecule has 0 aliphatic carbocycles. The molecule has 11 nitrogen and oxygen atoms in total. The normalized spacial score (nSPS) is 15.1. The quantitative estimate of drug-likeness (QED) is 0.192. The molecule has 0 fully saturated rings. The summed E-state index contributed by atoms with van der Waals surface area (Å²) in [5.74, 6) is -1.73.